The van der Waals surface area contributed by atoms with Crippen LogP contribution in [0, 0.1) is 11.6 Å². The van der Waals surface area contributed by atoms with Crippen molar-refractivity contribution in [2.24, 2.45) is 0 Å². The molecule has 140 valence electrons. The second-order valence-electron chi connectivity index (χ2n) is 5.66. The van der Waals surface area contributed by atoms with E-state index in [0.717, 1.165) is 0 Å². The van der Waals surface area contributed by atoms with Gasteiger partial charge >= 0.3 is 5.97 Å². The zero-order valence-electron chi connectivity index (χ0n) is 14.9. The number of rotatable bonds is 9. The van der Waals surface area contributed by atoms with Gasteiger partial charge < -0.3 is 14.8 Å². The van der Waals surface area contributed by atoms with E-state index in [4.69, 9.17) is 9.47 Å². The van der Waals surface area contributed by atoms with Gasteiger partial charge in [-0.15, -0.1) is 0 Å². The summed E-state index contributed by atoms with van der Waals surface area (Å²) in [7, 11) is 0. The maximum Gasteiger partial charge on any atom is 0.307 e. The lowest BCUT2D eigenvalue weighted by Crippen LogP contribution is -2.25. The molecule has 0 heterocycles. The molecule has 2 aromatic carbocycles. The predicted octanol–water partition coefficient (Wildman–Crippen LogP) is 4.75. The summed E-state index contributed by atoms with van der Waals surface area (Å²) in [5.74, 6) is -1.91. The summed E-state index contributed by atoms with van der Waals surface area (Å²) in [5.41, 5.74) is 0.295. The first-order chi connectivity index (χ1) is 12.6. The molecule has 2 aromatic rings. The van der Waals surface area contributed by atoms with Crippen molar-refractivity contribution in [3.8, 4) is 11.5 Å². The molecule has 6 heteroatoms. The van der Waals surface area contributed by atoms with Crippen LogP contribution < -0.4 is 10.1 Å². The quantitative estimate of drug-likeness (QED) is 0.653. The summed E-state index contributed by atoms with van der Waals surface area (Å²) >= 11 is 0. The first kappa shape index (κ1) is 19.8. The molecular formula is C20H23F2NO3. The standard InChI is InChI=1S/C20H23F2NO3/c1-3-17(23-13-12-18(24)25-4-2)15-10-11-16(21)20(19(15)22)26-14-8-6-5-7-9-14/h5-11,17,23H,3-4,12-13H2,1-2H3/t17-/m1/s1. The minimum absolute atomic E-state index is 0.181. The van der Waals surface area contributed by atoms with Gasteiger partial charge in [-0.1, -0.05) is 31.2 Å². The minimum atomic E-state index is -0.767. The van der Waals surface area contributed by atoms with Crippen LogP contribution in [0.1, 0.15) is 38.3 Å². The van der Waals surface area contributed by atoms with Crippen LogP contribution in [0.3, 0.4) is 0 Å². The molecule has 26 heavy (non-hydrogen) atoms. The van der Waals surface area contributed by atoms with Gasteiger partial charge in [-0.05, 0) is 31.5 Å². The van der Waals surface area contributed by atoms with Crippen LogP contribution >= 0.6 is 0 Å². The van der Waals surface area contributed by atoms with Crippen LogP contribution in [0.5, 0.6) is 11.5 Å². The van der Waals surface area contributed by atoms with Gasteiger partial charge in [-0.2, -0.15) is 0 Å². The van der Waals surface area contributed by atoms with Crippen molar-refractivity contribution in [1.82, 2.24) is 5.32 Å². The monoisotopic (exact) mass is 363 g/mol. The molecule has 0 unspecified atom stereocenters. The van der Waals surface area contributed by atoms with Gasteiger partial charge in [0.05, 0.1) is 13.0 Å². The molecule has 0 aromatic heterocycles. The molecule has 1 atom stereocenters. The summed E-state index contributed by atoms with van der Waals surface area (Å²) in [6.45, 7) is 4.27. The average molecular weight is 363 g/mol. The number of nitrogens with one attached hydrogen (secondary N) is 1. The molecule has 4 nitrogen and oxygen atoms in total. The molecule has 0 bridgehead atoms. The summed E-state index contributed by atoms with van der Waals surface area (Å²) in [6, 6.07) is 10.7. The number of benzene rings is 2. The van der Waals surface area contributed by atoms with Crippen LogP contribution in [0.2, 0.25) is 0 Å². The van der Waals surface area contributed by atoms with E-state index in [1.807, 2.05) is 6.92 Å². The number of hydrogen-bond donors (Lipinski definition) is 1. The smallest absolute Gasteiger partial charge is 0.307 e. The third-order valence-corrected chi connectivity index (χ3v) is 3.85. The largest absolute Gasteiger partial charge is 0.466 e. The fourth-order valence-electron chi connectivity index (χ4n) is 2.57. The highest BCUT2D eigenvalue weighted by atomic mass is 19.1. The van der Waals surface area contributed by atoms with Crippen molar-refractivity contribution < 1.29 is 23.0 Å². The Bertz CT molecular complexity index is 722. The van der Waals surface area contributed by atoms with Gasteiger partial charge in [0.1, 0.15) is 5.75 Å². The van der Waals surface area contributed by atoms with Gasteiger partial charge in [0.2, 0.25) is 0 Å². The Morgan fingerprint density at radius 2 is 1.85 bits per heavy atom. The van der Waals surface area contributed by atoms with E-state index in [2.05, 4.69) is 5.32 Å². The number of carbonyl (C=O) groups excluding carboxylic acids is 1. The van der Waals surface area contributed by atoms with Crippen LogP contribution in [0.25, 0.3) is 0 Å². The Balaban J connectivity index is 2.14. The highest BCUT2D eigenvalue weighted by Crippen LogP contribution is 2.32. The molecule has 0 radical (unpaired) electrons. The van der Waals surface area contributed by atoms with Crippen LogP contribution in [-0.2, 0) is 9.53 Å². The fourth-order valence-corrected chi connectivity index (χ4v) is 2.57. The number of halogens is 2. The van der Waals surface area contributed by atoms with E-state index in [0.29, 0.717) is 30.9 Å². The zero-order chi connectivity index (χ0) is 18.9. The predicted molar refractivity (Wildman–Crippen MR) is 95.2 cm³/mol. The third kappa shape index (κ3) is 5.26. The highest BCUT2D eigenvalue weighted by molar-refractivity contribution is 5.69. The number of esters is 1. The van der Waals surface area contributed by atoms with E-state index >= 15 is 0 Å². The first-order valence-electron chi connectivity index (χ1n) is 8.66. The number of ether oxygens (including phenoxy) is 2. The molecule has 0 spiro atoms. The Morgan fingerprint density at radius 3 is 2.50 bits per heavy atom. The van der Waals surface area contributed by atoms with Gasteiger partial charge in [0, 0.05) is 18.2 Å². The lowest BCUT2D eigenvalue weighted by Gasteiger charge is -2.19. The average Bonchev–Trinajstić information content (AvgIpc) is 2.64. The van der Waals surface area contributed by atoms with E-state index in [-0.39, 0.29) is 18.4 Å². The van der Waals surface area contributed by atoms with Crippen molar-refractivity contribution in [2.75, 3.05) is 13.2 Å². The second-order valence-corrected chi connectivity index (χ2v) is 5.66. The van der Waals surface area contributed by atoms with Gasteiger partial charge in [-0.25, -0.2) is 8.78 Å². The minimum Gasteiger partial charge on any atom is -0.466 e. The fraction of sp³-hybridized carbons (Fsp3) is 0.350. The van der Waals surface area contributed by atoms with Crippen molar-refractivity contribution >= 4 is 5.97 Å². The molecule has 2 rings (SSSR count). The molecule has 0 fully saturated rings. The topological polar surface area (TPSA) is 47.6 Å². The Morgan fingerprint density at radius 1 is 1.12 bits per heavy atom. The molecule has 0 saturated heterocycles. The van der Waals surface area contributed by atoms with Crippen molar-refractivity contribution in [3.05, 3.63) is 59.7 Å². The number of para-hydroxylation sites is 1. The summed E-state index contributed by atoms with van der Waals surface area (Å²) in [6.07, 6.45) is 0.747. The molecule has 1 N–H and O–H groups in total. The van der Waals surface area contributed by atoms with E-state index in [9.17, 15) is 13.6 Å². The summed E-state index contributed by atoms with van der Waals surface area (Å²) in [4.78, 5) is 11.4. The molecule has 0 aliphatic carbocycles. The van der Waals surface area contributed by atoms with E-state index in [1.165, 1.54) is 12.1 Å². The lowest BCUT2D eigenvalue weighted by molar-refractivity contribution is -0.143. The van der Waals surface area contributed by atoms with Gasteiger partial charge in [0.15, 0.2) is 17.4 Å². The summed E-state index contributed by atoms with van der Waals surface area (Å²) in [5, 5.41) is 3.11. The third-order valence-electron chi connectivity index (χ3n) is 3.85. The Kier molecular flexibility index (Phi) is 7.53. The summed E-state index contributed by atoms with van der Waals surface area (Å²) < 4.78 is 39.2. The maximum atomic E-state index is 14.9. The van der Waals surface area contributed by atoms with Gasteiger partial charge in [-0.3, -0.25) is 4.79 Å². The van der Waals surface area contributed by atoms with E-state index in [1.54, 1.807) is 37.3 Å². The lowest BCUT2D eigenvalue weighted by atomic mass is 10.0. The van der Waals surface area contributed by atoms with Crippen LogP contribution in [0.4, 0.5) is 8.78 Å². The molecular weight excluding hydrogens is 340 g/mol. The first-order valence-corrected chi connectivity index (χ1v) is 8.66. The number of carbonyl (C=O) groups is 1. The Labute approximate surface area is 152 Å². The normalized spacial score (nSPS) is 11.8. The zero-order valence-corrected chi connectivity index (χ0v) is 14.9. The van der Waals surface area contributed by atoms with Crippen LogP contribution in [-0.4, -0.2) is 19.1 Å². The number of hydrogen-bond acceptors (Lipinski definition) is 4. The highest BCUT2D eigenvalue weighted by Gasteiger charge is 2.21. The van der Waals surface area contributed by atoms with Crippen LogP contribution in [0.15, 0.2) is 42.5 Å². The van der Waals surface area contributed by atoms with E-state index < -0.39 is 17.4 Å². The second kappa shape index (κ2) is 9.87. The molecule has 0 amide bonds. The molecule has 0 aliphatic heterocycles. The Hall–Kier alpha value is -2.47. The molecule has 0 saturated carbocycles. The van der Waals surface area contributed by atoms with Crippen molar-refractivity contribution in [1.29, 1.82) is 0 Å². The maximum absolute atomic E-state index is 14.9. The van der Waals surface area contributed by atoms with Crippen molar-refractivity contribution in [3.63, 3.8) is 0 Å². The SMILES string of the molecule is CCOC(=O)CCN[C@H](CC)c1ccc(F)c(Oc2ccccc2)c1F. The molecule has 0 aliphatic rings. The van der Waals surface area contributed by atoms with Crippen molar-refractivity contribution in [2.45, 2.75) is 32.7 Å². The van der Waals surface area contributed by atoms with Gasteiger partial charge in [0.25, 0.3) is 0 Å².